The van der Waals surface area contributed by atoms with Crippen LogP contribution in [-0.2, 0) is 14.1 Å². The molecule has 1 heterocycles. The Morgan fingerprint density at radius 2 is 1.74 bits per heavy atom. The summed E-state index contributed by atoms with van der Waals surface area (Å²) in [5.74, 6) is -3.25. The molecule has 0 unspecified atom stereocenters. The number of carbonyl (C=O) groups is 1. The van der Waals surface area contributed by atoms with Crippen molar-refractivity contribution in [3.63, 3.8) is 0 Å². The molecular weight excluding hydrogens is 309 g/mol. The predicted molar refractivity (Wildman–Crippen MR) is 44.7 cm³/mol. The first-order chi connectivity index (χ1) is 7.57. The molecule has 0 saturated heterocycles. The normalized spacial score (nSPS) is 19.4. The molecule has 0 saturated carbocycles. The first-order valence-electron chi connectivity index (χ1n) is 3.94. The number of aliphatic hydroxyl groups excluding tert-OH is 3. The van der Waals surface area contributed by atoms with Crippen LogP contribution in [0.2, 0.25) is 0 Å². The van der Waals surface area contributed by atoms with E-state index in [0.717, 1.165) is 0 Å². The summed E-state index contributed by atoms with van der Waals surface area (Å²) in [5.41, 5.74) is 0. The first kappa shape index (κ1) is 24.8. The van der Waals surface area contributed by atoms with Gasteiger partial charge in [-0.3, -0.25) is 4.57 Å². The third kappa shape index (κ3) is 10.2. The van der Waals surface area contributed by atoms with E-state index in [-0.39, 0.29) is 59.1 Å². The predicted octanol–water partition coefficient (Wildman–Crippen LogP) is -10.2. The van der Waals surface area contributed by atoms with Gasteiger partial charge in [-0.15, -0.1) is 0 Å². The first-order valence-corrected chi connectivity index (χ1v) is 5.47. The smallest absolute Gasteiger partial charge is 0.865 e. The molecule has 0 aromatic heterocycles. The summed E-state index contributed by atoms with van der Waals surface area (Å²) in [6.07, 6.45) is -2.88. The van der Waals surface area contributed by atoms with Crippen LogP contribution in [0.4, 0.5) is 0 Å². The summed E-state index contributed by atoms with van der Waals surface area (Å²) >= 11 is 0. The van der Waals surface area contributed by atoms with Gasteiger partial charge in [0.05, 0.1) is 6.61 Å². The number of ether oxygens (including phenoxy) is 1. The van der Waals surface area contributed by atoms with E-state index in [1.807, 2.05) is 0 Å². The molecule has 5 N–H and O–H groups in total. The van der Waals surface area contributed by atoms with Crippen molar-refractivity contribution in [2.75, 3.05) is 6.61 Å². The maximum atomic E-state index is 10.6. The minimum Gasteiger partial charge on any atom is -0.865 e. The number of cyclic esters (lactones) is 1. The molecule has 0 amide bonds. The second-order valence-corrected chi connectivity index (χ2v) is 3.76. The molecule has 0 radical (unpaired) electrons. The van der Waals surface area contributed by atoms with Gasteiger partial charge in [0.25, 0.3) is 7.82 Å². The zero-order valence-corrected chi connectivity index (χ0v) is 15.0. The Kier molecular flexibility index (Phi) is 13.8. The van der Waals surface area contributed by atoms with E-state index in [1.54, 1.807) is 0 Å². The Morgan fingerprint density at radius 3 is 1.95 bits per heavy atom. The number of rotatable bonds is 2. The Morgan fingerprint density at radius 1 is 1.37 bits per heavy atom. The fraction of sp³-hybridized carbons (Fsp3) is 0.500. The maximum absolute atomic E-state index is 10.6. The Bertz CT molecular complexity index is 357. The van der Waals surface area contributed by atoms with Gasteiger partial charge in [0.15, 0.2) is 6.10 Å². The Hall–Kier alpha value is 0.840. The molecule has 0 aromatic rings. The van der Waals surface area contributed by atoms with E-state index in [9.17, 15) is 9.90 Å². The summed E-state index contributed by atoms with van der Waals surface area (Å²) in [7, 11) is -4.89. The molecule has 1 aliphatic rings. The Labute approximate surface area is 151 Å². The average molecular weight is 318 g/mol. The van der Waals surface area contributed by atoms with E-state index in [2.05, 4.69) is 4.74 Å². The number of carbonyl (C=O) groups excluding carboxylic acids is 1. The second kappa shape index (κ2) is 10.6. The van der Waals surface area contributed by atoms with Crippen LogP contribution in [0.15, 0.2) is 11.5 Å². The van der Waals surface area contributed by atoms with Gasteiger partial charge in [-0.1, -0.05) is 0 Å². The van der Waals surface area contributed by atoms with Gasteiger partial charge in [0, 0.05) is 5.76 Å². The van der Waals surface area contributed by atoms with Gasteiger partial charge < -0.3 is 39.8 Å². The largest absolute Gasteiger partial charge is 1.00 e. The Balaban J connectivity index is -0.000000320. The van der Waals surface area contributed by atoms with Gasteiger partial charge in [-0.05, 0) is 0 Å². The number of esters is 1. The van der Waals surface area contributed by atoms with Crippen molar-refractivity contribution in [2.45, 2.75) is 12.2 Å². The second-order valence-electron chi connectivity index (χ2n) is 2.78. The molecule has 2 atom stereocenters. The van der Waals surface area contributed by atoms with E-state index in [4.69, 9.17) is 34.6 Å². The molecule has 0 bridgehead atoms. The maximum Gasteiger partial charge on any atom is 1.00 e. The molecular formula is C6H9Na2O10P. The van der Waals surface area contributed by atoms with Gasteiger partial charge >= 0.3 is 65.1 Å². The molecule has 0 aliphatic carbocycles. The monoisotopic (exact) mass is 318 g/mol. The van der Waals surface area contributed by atoms with Gasteiger partial charge in [0.2, 0.25) is 0 Å². The average Bonchev–Trinajstić information content (AvgIpc) is 2.42. The molecule has 13 heteroatoms. The van der Waals surface area contributed by atoms with Crippen molar-refractivity contribution in [2.24, 2.45) is 0 Å². The number of phosphoric acid groups is 1. The van der Waals surface area contributed by atoms with Gasteiger partial charge in [-0.25, -0.2) is 4.79 Å². The van der Waals surface area contributed by atoms with E-state index in [1.165, 1.54) is 0 Å². The molecule has 0 spiro atoms. The summed E-state index contributed by atoms with van der Waals surface area (Å²) in [6.45, 7) is -0.699. The molecule has 0 aromatic carbocycles. The molecule has 10 nitrogen and oxygen atoms in total. The topological polar surface area (TPSA) is 191 Å². The standard InChI is InChI=1S/C6H8O6.2Na.H3O4P/c7-1-2(8)5-3(9)4(10)6(11)12-5;;;1-5(2,3)4/h2,5,7-10H,1H2;;;(H3,1,2,3,4)/q;2*+1;/p-2/t2-,5+;;;/m0.../s1. The SMILES string of the molecule is O=C1O[C@H]([C@@H](O)CO)C(O)=C1[O-].O=P([O-])(O)O.[Na+].[Na+]. The quantitative estimate of drug-likeness (QED) is 0.185. The molecule has 100 valence electrons. The van der Waals surface area contributed by atoms with Crippen molar-refractivity contribution >= 4 is 13.8 Å². The molecule has 0 fully saturated rings. The fourth-order valence-corrected chi connectivity index (χ4v) is 0.815. The van der Waals surface area contributed by atoms with Crippen molar-refractivity contribution < 1.29 is 108 Å². The summed E-state index contributed by atoms with van der Waals surface area (Å²) in [4.78, 5) is 33.4. The van der Waals surface area contributed by atoms with Crippen LogP contribution in [-0.4, -0.2) is 49.9 Å². The molecule has 19 heavy (non-hydrogen) atoms. The van der Waals surface area contributed by atoms with Gasteiger partial charge in [0.1, 0.15) is 11.9 Å². The van der Waals surface area contributed by atoms with E-state index >= 15 is 0 Å². The van der Waals surface area contributed by atoms with Crippen LogP contribution in [0.1, 0.15) is 0 Å². The third-order valence-electron chi connectivity index (χ3n) is 1.46. The summed E-state index contributed by atoms with van der Waals surface area (Å²) < 4.78 is 13.0. The van der Waals surface area contributed by atoms with Crippen LogP contribution >= 0.6 is 7.82 Å². The molecule has 1 aliphatic heterocycles. The van der Waals surface area contributed by atoms with Crippen molar-refractivity contribution in [3.05, 3.63) is 11.5 Å². The van der Waals surface area contributed by atoms with Crippen LogP contribution < -0.4 is 69.1 Å². The van der Waals surface area contributed by atoms with E-state index < -0.39 is 44.1 Å². The van der Waals surface area contributed by atoms with Crippen molar-refractivity contribution in [1.82, 2.24) is 0 Å². The minimum atomic E-state index is -4.89. The van der Waals surface area contributed by atoms with Crippen LogP contribution in [0.5, 0.6) is 0 Å². The van der Waals surface area contributed by atoms with Crippen LogP contribution in [0, 0.1) is 0 Å². The van der Waals surface area contributed by atoms with Crippen LogP contribution in [0.25, 0.3) is 0 Å². The zero-order valence-electron chi connectivity index (χ0n) is 10.1. The van der Waals surface area contributed by atoms with Crippen molar-refractivity contribution in [3.8, 4) is 0 Å². The van der Waals surface area contributed by atoms with Crippen LogP contribution in [0.3, 0.4) is 0 Å². The number of hydrogen-bond donors (Lipinski definition) is 5. The fourth-order valence-electron chi connectivity index (χ4n) is 0.815. The van der Waals surface area contributed by atoms with E-state index in [0.29, 0.717) is 0 Å². The number of aliphatic hydroxyl groups is 3. The summed E-state index contributed by atoms with van der Waals surface area (Å²) in [6, 6.07) is 0. The minimum absolute atomic E-state index is 0. The molecule has 1 rings (SSSR count). The van der Waals surface area contributed by atoms with Crippen molar-refractivity contribution in [1.29, 1.82) is 0 Å². The van der Waals surface area contributed by atoms with Gasteiger partial charge in [-0.2, -0.15) is 0 Å². The third-order valence-corrected chi connectivity index (χ3v) is 1.46. The summed E-state index contributed by atoms with van der Waals surface area (Å²) in [5, 5.41) is 36.8. The zero-order chi connectivity index (χ0) is 13.8. The number of hydrogen-bond acceptors (Lipinski definition) is 8.